The molecule has 0 aromatic heterocycles. The molecule has 0 spiro atoms. The van der Waals surface area contributed by atoms with Gasteiger partial charge in [0.1, 0.15) is 5.82 Å². The van der Waals surface area contributed by atoms with Crippen molar-refractivity contribution < 1.29 is 9.18 Å². The van der Waals surface area contributed by atoms with Crippen LogP contribution in [0.1, 0.15) is 36.4 Å². The van der Waals surface area contributed by atoms with Crippen molar-refractivity contribution in [2.24, 2.45) is 5.92 Å². The summed E-state index contributed by atoms with van der Waals surface area (Å²) in [4.78, 5) is 14.3. The maximum Gasteiger partial charge on any atom is 0.226 e. The molecule has 1 amide bonds. The van der Waals surface area contributed by atoms with Crippen LogP contribution in [0.5, 0.6) is 0 Å². The monoisotopic (exact) mass is 375 g/mol. The van der Waals surface area contributed by atoms with E-state index in [1.165, 1.54) is 11.6 Å². The van der Waals surface area contributed by atoms with Crippen LogP contribution in [0.3, 0.4) is 0 Å². The number of carbonyl (C=O) groups is 1. The third-order valence-corrected chi connectivity index (χ3v) is 5.22. The minimum atomic E-state index is -0.269. The molecule has 23 heavy (non-hydrogen) atoms. The van der Waals surface area contributed by atoms with Crippen LogP contribution in [0.4, 0.5) is 4.39 Å². The SMILES string of the molecule is CC(c1ccccc1F)N(C)C(=O)C1CC1c1ccc(Br)cc1. The number of carbonyl (C=O) groups excluding carboxylic acids is 1. The Hall–Kier alpha value is -1.68. The van der Waals surface area contributed by atoms with E-state index in [4.69, 9.17) is 0 Å². The first-order valence-electron chi connectivity index (χ1n) is 7.75. The average Bonchev–Trinajstić information content (AvgIpc) is 3.34. The van der Waals surface area contributed by atoms with Gasteiger partial charge < -0.3 is 4.90 Å². The molecule has 2 nitrogen and oxygen atoms in total. The number of benzene rings is 2. The van der Waals surface area contributed by atoms with Crippen molar-refractivity contribution in [3.63, 3.8) is 0 Å². The molecule has 0 radical (unpaired) electrons. The number of amides is 1. The third-order valence-electron chi connectivity index (χ3n) is 4.69. The zero-order chi connectivity index (χ0) is 16.6. The highest BCUT2D eigenvalue weighted by atomic mass is 79.9. The van der Waals surface area contributed by atoms with Crippen LogP contribution in [0.2, 0.25) is 0 Å². The molecule has 1 saturated carbocycles. The fourth-order valence-corrected chi connectivity index (χ4v) is 3.29. The summed E-state index contributed by atoms with van der Waals surface area (Å²) >= 11 is 3.42. The van der Waals surface area contributed by atoms with Crippen LogP contribution in [0.15, 0.2) is 53.0 Å². The van der Waals surface area contributed by atoms with E-state index in [2.05, 4.69) is 28.1 Å². The van der Waals surface area contributed by atoms with Crippen molar-refractivity contribution in [1.82, 2.24) is 4.90 Å². The van der Waals surface area contributed by atoms with Crippen LogP contribution >= 0.6 is 15.9 Å². The Morgan fingerprint density at radius 2 is 1.87 bits per heavy atom. The first-order valence-corrected chi connectivity index (χ1v) is 8.55. The van der Waals surface area contributed by atoms with Crippen LogP contribution in [-0.2, 0) is 4.79 Å². The van der Waals surface area contributed by atoms with E-state index in [1.807, 2.05) is 19.1 Å². The lowest BCUT2D eigenvalue weighted by Gasteiger charge is -2.26. The van der Waals surface area contributed by atoms with Gasteiger partial charge in [0.2, 0.25) is 5.91 Å². The Balaban J connectivity index is 1.69. The van der Waals surface area contributed by atoms with Crippen molar-refractivity contribution in [1.29, 1.82) is 0 Å². The first-order chi connectivity index (χ1) is 11.0. The molecule has 2 aromatic carbocycles. The fraction of sp³-hybridized carbons (Fsp3) is 0.316. The third kappa shape index (κ3) is 3.32. The van der Waals surface area contributed by atoms with E-state index in [0.717, 1.165) is 10.9 Å². The summed E-state index contributed by atoms with van der Waals surface area (Å²) in [5, 5.41) is 0. The molecule has 2 aromatic rings. The van der Waals surface area contributed by atoms with Crippen molar-refractivity contribution in [3.05, 3.63) is 69.9 Å². The normalized spacial score (nSPS) is 20.9. The number of nitrogens with zero attached hydrogens (tertiary/aromatic N) is 1. The van der Waals surface area contributed by atoms with E-state index >= 15 is 0 Å². The standard InChI is InChI=1S/C19H19BrFNO/c1-12(15-5-3-4-6-18(15)21)22(2)19(23)17-11-16(17)13-7-9-14(20)10-8-13/h3-10,12,16-17H,11H2,1-2H3. The van der Waals surface area contributed by atoms with Gasteiger partial charge in [0.15, 0.2) is 0 Å². The number of rotatable bonds is 4. The fourth-order valence-electron chi connectivity index (χ4n) is 3.02. The van der Waals surface area contributed by atoms with Gasteiger partial charge in [-0.05, 0) is 43.0 Å². The molecule has 1 aliphatic rings. The molecule has 0 bridgehead atoms. The summed E-state index contributed by atoms with van der Waals surface area (Å²) in [6.45, 7) is 1.87. The highest BCUT2D eigenvalue weighted by Crippen LogP contribution is 2.49. The zero-order valence-corrected chi connectivity index (χ0v) is 14.8. The van der Waals surface area contributed by atoms with Gasteiger partial charge in [-0.15, -0.1) is 0 Å². The molecular weight excluding hydrogens is 357 g/mol. The van der Waals surface area contributed by atoms with Gasteiger partial charge in [-0.25, -0.2) is 4.39 Å². The highest BCUT2D eigenvalue weighted by molar-refractivity contribution is 9.10. The maximum atomic E-state index is 13.9. The van der Waals surface area contributed by atoms with Gasteiger partial charge in [0, 0.05) is 23.0 Å². The summed E-state index contributed by atoms with van der Waals surface area (Å²) in [7, 11) is 1.76. The second-order valence-electron chi connectivity index (χ2n) is 6.15. The zero-order valence-electron chi connectivity index (χ0n) is 13.2. The second kappa shape index (κ2) is 6.44. The minimum absolute atomic E-state index is 0.00963. The van der Waals surface area contributed by atoms with E-state index in [0.29, 0.717) is 5.56 Å². The van der Waals surface area contributed by atoms with Crippen molar-refractivity contribution in [2.45, 2.75) is 25.3 Å². The summed E-state index contributed by atoms with van der Waals surface area (Å²) < 4.78 is 15.0. The molecule has 0 saturated heterocycles. The molecule has 0 N–H and O–H groups in total. The summed E-state index contributed by atoms with van der Waals surface area (Å²) in [6.07, 6.45) is 0.870. The number of hydrogen-bond donors (Lipinski definition) is 0. The molecule has 3 unspecified atom stereocenters. The molecule has 3 atom stereocenters. The van der Waals surface area contributed by atoms with Gasteiger partial charge in [0.25, 0.3) is 0 Å². The topological polar surface area (TPSA) is 20.3 Å². The van der Waals surface area contributed by atoms with E-state index in [1.54, 1.807) is 30.1 Å². The molecule has 3 rings (SSSR count). The lowest BCUT2D eigenvalue weighted by atomic mass is 10.1. The maximum absolute atomic E-state index is 13.9. The summed E-state index contributed by atoms with van der Waals surface area (Å²) in [6, 6.07) is 14.5. The van der Waals surface area contributed by atoms with Gasteiger partial charge in [-0.1, -0.05) is 46.3 Å². The first kappa shape index (κ1) is 16.2. The average molecular weight is 376 g/mol. The molecule has 4 heteroatoms. The Bertz CT molecular complexity index is 716. The quantitative estimate of drug-likeness (QED) is 0.743. The second-order valence-corrected chi connectivity index (χ2v) is 7.06. The van der Waals surface area contributed by atoms with Crippen LogP contribution < -0.4 is 0 Å². The van der Waals surface area contributed by atoms with Gasteiger partial charge >= 0.3 is 0 Å². The molecule has 0 heterocycles. The van der Waals surface area contributed by atoms with E-state index < -0.39 is 0 Å². The molecule has 120 valence electrons. The van der Waals surface area contributed by atoms with Crippen molar-refractivity contribution in [3.8, 4) is 0 Å². The van der Waals surface area contributed by atoms with Crippen LogP contribution in [0, 0.1) is 11.7 Å². The highest BCUT2D eigenvalue weighted by Gasteiger charge is 2.45. The van der Waals surface area contributed by atoms with Crippen LogP contribution in [-0.4, -0.2) is 17.9 Å². The van der Waals surface area contributed by atoms with Gasteiger partial charge in [0.05, 0.1) is 6.04 Å². The smallest absolute Gasteiger partial charge is 0.226 e. The Morgan fingerprint density at radius 3 is 2.52 bits per heavy atom. The number of hydrogen-bond acceptors (Lipinski definition) is 1. The molecular formula is C19H19BrFNO. The molecule has 1 fully saturated rings. The van der Waals surface area contributed by atoms with Crippen molar-refractivity contribution >= 4 is 21.8 Å². The summed E-state index contributed by atoms with van der Waals surface area (Å²) in [5.41, 5.74) is 1.75. The van der Waals surface area contributed by atoms with Crippen molar-refractivity contribution in [2.75, 3.05) is 7.05 Å². The van der Waals surface area contributed by atoms with E-state index in [9.17, 15) is 9.18 Å². The lowest BCUT2D eigenvalue weighted by molar-refractivity contribution is -0.133. The Morgan fingerprint density at radius 1 is 1.22 bits per heavy atom. The van der Waals surface area contributed by atoms with Crippen LogP contribution in [0.25, 0.3) is 0 Å². The predicted octanol–water partition coefficient (Wildman–Crippen LogP) is 4.91. The van der Waals surface area contributed by atoms with Gasteiger partial charge in [-0.3, -0.25) is 4.79 Å². The largest absolute Gasteiger partial charge is 0.339 e. The summed E-state index contributed by atoms with van der Waals surface area (Å²) in [5.74, 6) is 0.120. The number of halogens is 2. The van der Waals surface area contributed by atoms with Gasteiger partial charge in [-0.2, -0.15) is 0 Å². The Labute approximate surface area is 144 Å². The lowest BCUT2D eigenvalue weighted by Crippen LogP contribution is -2.31. The Kier molecular flexibility index (Phi) is 4.53. The minimum Gasteiger partial charge on any atom is -0.339 e. The molecule has 0 aliphatic heterocycles. The van der Waals surface area contributed by atoms with E-state index in [-0.39, 0.29) is 29.6 Å². The molecule has 1 aliphatic carbocycles. The predicted molar refractivity (Wildman–Crippen MR) is 92.6 cm³/mol.